The van der Waals surface area contributed by atoms with Gasteiger partial charge in [-0.05, 0) is 47.1 Å². The number of carbonyl (C=O) groups is 1. The molecule has 2 heterocycles. The second kappa shape index (κ2) is 5.95. The van der Waals surface area contributed by atoms with E-state index < -0.39 is 5.97 Å². The van der Waals surface area contributed by atoms with E-state index in [4.69, 9.17) is 5.11 Å². The zero-order chi connectivity index (χ0) is 14.9. The zero-order valence-electron chi connectivity index (χ0n) is 12.9. The number of hydrogen-bond acceptors (Lipinski definition) is 3. The minimum atomic E-state index is -0.702. The zero-order valence-corrected chi connectivity index (χ0v) is 12.9. The molecule has 1 fully saturated rings. The molecule has 20 heavy (non-hydrogen) atoms. The summed E-state index contributed by atoms with van der Waals surface area (Å²) in [5.74, 6) is -0.702. The maximum Gasteiger partial charge on any atom is 0.304 e. The molecule has 5 nitrogen and oxygen atoms in total. The summed E-state index contributed by atoms with van der Waals surface area (Å²) in [6.07, 6.45) is 2.31. The number of aliphatic carboxylic acids is 1. The first kappa shape index (κ1) is 15.0. The number of nitrogens with zero attached hydrogens (tertiary/aromatic N) is 3. The molecule has 2 rings (SSSR count). The Morgan fingerprint density at radius 2 is 2.20 bits per heavy atom. The van der Waals surface area contributed by atoms with Crippen LogP contribution in [-0.2, 0) is 11.3 Å². The van der Waals surface area contributed by atoms with Crippen LogP contribution < -0.4 is 0 Å². The largest absolute Gasteiger partial charge is 0.481 e. The van der Waals surface area contributed by atoms with Crippen molar-refractivity contribution in [2.75, 3.05) is 6.54 Å². The fourth-order valence-corrected chi connectivity index (χ4v) is 3.58. The lowest BCUT2D eigenvalue weighted by Gasteiger charge is -2.30. The molecule has 0 bridgehead atoms. The molecular formula is C15H25N3O2. The Morgan fingerprint density at radius 3 is 2.75 bits per heavy atom. The standard InChI is InChI=1S/C15H25N3O2/c1-5-18-12(4)15(10(2)16-18)11(3)17-8-6-7-13(17)9-14(19)20/h11,13H,5-9H2,1-4H3,(H,19,20). The van der Waals surface area contributed by atoms with Crippen molar-refractivity contribution in [3.8, 4) is 0 Å². The predicted octanol–water partition coefficient (Wildman–Crippen LogP) is 2.52. The van der Waals surface area contributed by atoms with E-state index in [-0.39, 0.29) is 18.5 Å². The van der Waals surface area contributed by atoms with Gasteiger partial charge >= 0.3 is 5.97 Å². The first-order valence-electron chi connectivity index (χ1n) is 7.47. The molecule has 1 saturated heterocycles. The van der Waals surface area contributed by atoms with E-state index in [0.29, 0.717) is 0 Å². The number of rotatable bonds is 5. The van der Waals surface area contributed by atoms with Crippen LogP contribution in [0.1, 0.15) is 56.1 Å². The van der Waals surface area contributed by atoms with Crippen molar-refractivity contribution < 1.29 is 9.90 Å². The van der Waals surface area contributed by atoms with Gasteiger partial charge in [0.25, 0.3) is 0 Å². The smallest absolute Gasteiger partial charge is 0.304 e. The van der Waals surface area contributed by atoms with Crippen LogP contribution in [0.15, 0.2) is 0 Å². The van der Waals surface area contributed by atoms with Gasteiger partial charge in [0.05, 0.1) is 12.1 Å². The van der Waals surface area contributed by atoms with E-state index in [1.807, 2.05) is 11.6 Å². The molecule has 2 atom stereocenters. The van der Waals surface area contributed by atoms with E-state index in [1.54, 1.807) is 0 Å². The van der Waals surface area contributed by atoms with Crippen LogP contribution in [-0.4, -0.2) is 38.3 Å². The highest BCUT2D eigenvalue weighted by molar-refractivity contribution is 5.67. The van der Waals surface area contributed by atoms with Crippen LogP contribution >= 0.6 is 0 Å². The summed E-state index contributed by atoms with van der Waals surface area (Å²) in [7, 11) is 0. The summed E-state index contributed by atoms with van der Waals surface area (Å²) in [5.41, 5.74) is 3.54. The third-order valence-corrected chi connectivity index (χ3v) is 4.49. The van der Waals surface area contributed by atoms with Crippen molar-refractivity contribution in [2.45, 2.75) is 65.6 Å². The van der Waals surface area contributed by atoms with Gasteiger partial charge in [0, 0.05) is 29.9 Å². The summed E-state index contributed by atoms with van der Waals surface area (Å²) in [6, 6.07) is 0.397. The quantitative estimate of drug-likeness (QED) is 0.899. The average Bonchev–Trinajstić information content (AvgIpc) is 2.93. The van der Waals surface area contributed by atoms with Gasteiger partial charge in [0.1, 0.15) is 0 Å². The van der Waals surface area contributed by atoms with Gasteiger partial charge in [-0.3, -0.25) is 14.4 Å². The molecule has 2 unspecified atom stereocenters. The third-order valence-electron chi connectivity index (χ3n) is 4.49. The molecule has 5 heteroatoms. The molecule has 1 aliphatic heterocycles. The van der Waals surface area contributed by atoms with Crippen molar-refractivity contribution >= 4 is 5.97 Å². The summed E-state index contributed by atoms with van der Waals surface area (Å²) in [5, 5.41) is 13.6. The van der Waals surface area contributed by atoms with E-state index in [0.717, 1.165) is 31.6 Å². The molecule has 1 aliphatic rings. The minimum Gasteiger partial charge on any atom is -0.481 e. The number of carboxylic acids is 1. The summed E-state index contributed by atoms with van der Waals surface area (Å²) in [6.45, 7) is 10.3. The summed E-state index contributed by atoms with van der Waals surface area (Å²) < 4.78 is 2.03. The number of aryl methyl sites for hydroxylation is 2. The Labute approximate surface area is 120 Å². The van der Waals surface area contributed by atoms with E-state index in [2.05, 4.69) is 30.8 Å². The molecule has 1 aromatic rings. The molecular weight excluding hydrogens is 254 g/mol. The van der Waals surface area contributed by atoms with Crippen molar-refractivity contribution in [2.24, 2.45) is 0 Å². The average molecular weight is 279 g/mol. The molecule has 1 aromatic heterocycles. The molecule has 0 radical (unpaired) electrons. The van der Waals surface area contributed by atoms with E-state index in [1.165, 1.54) is 11.3 Å². The second-order valence-corrected chi connectivity index (χ2v) is 5.71. The molecule has 0 aromatic carbocycles. The van der Waals surface area contributed by atoms with Gasteiger partial charge in [0.15, 0.2) is 0 Å². The number of hydrogen-bond donors (Lipinski definition) is 1. The van der Waals surface area contributed by atoms with Gasteiger partial charge in [-0.1, -0.05) is 0 Å². The second-order valence-electron chi connectivity index (χ2n) is 5.71. The lowest BCUT2D eigenvalue weighted by Crippen LogP contribution is -2.34. The van der Waals surface area contributed by atoms with Crippen molar-refractivity contribution in [3.05, 3.63) is 17.0 Å². The minimum absolute atomic E-state index is 0.159. The Balaban J connectivity index is 2.24. The van der Waals surface area contributed by atoms with Crippen LogP contribution in [0.25, 0.3) is 0 Å². The molecule has 1 N–H and O–H groups in total. The fraction of sp³-hybridized carbons (Fsp3) is 0.733. The normalized spacial score (nSPS) is 21.3. The maximum atomic E-state index is 11.0. The first-order chi connectivity index (χ1) is 9.45. The number of aromatic nitrogens is 2. The van der Waals surface area contributed by atoms with Crippen molar-refractivity contribution in [3.63, 3.8) is 0 Å². The highest BCUT2D eigenvalue weighted by Gasteiger charge is 2.32. The van der Waals surface area contributed by atoms with Gasteiger partial charge in [0.2, 0.25) is 0 Å². The highest BCUT2D eigenvalue weighted by Crippen LogP contribution is 2.33. The maximum absolute atomic E-state index is 11.0. The summed E-state index contributed by atoms with van der Waals surface area (Å²) >= 11 is 0. The molecule has 112 valence electrons. The van der Waals surface area contributed by atoms with Gasteiger partial charge < -0.3 is 5.11 Å². The SMILES string of the molecule is CCn1nc(C)c(C(C)N2CCCC2CC(=O)O)c1C. The first-order valence-corrected chi connectivity index (χ1v) is 7.47. The van der Waals surface area contributed by atoms with Crippen LogP contribution in [0.3, 0.4) is 0 Å². The molecule has 0 aliphatic carbocycles. The van der Waals surface area contributed by atoms with Crippen LogP contribution in [0, 0.1) is 13.8 Å². The van der Waals surface area contributed by atoms with Gasteiger partial charge in [-0.15, -0.1) is 0 Å². The molecule has 0 amide bonds. The van der Waals surface area contributed by atoms with E-state index >= 15 is 0 Å². The predicted molar refractivity (Wildman–Crippen MR) is 77.8 cm³/mol. The monoisotopic (exact) mass is 279 g/mol. The Bertz CT molecular complexity index is 496. The Kier molecular flexibility index (Phi) is 4.48. The number of carboxylic acid groups (broad SMARTS) is 1. The van der Waals surface area contributed by atoms with Crippen LogP contribution in [0.5, 0.6) is 0 Å². The topological polar surface area (TPSA) is 58.4 Å². The fourth-order valence-electron chi connectivity index (χ4n) is 3.58. The van der Waals surface area contributed by atoms with Gasteiger partial charge in [-0.25, -0.2) is 0 Å². The Morgan fingerprint density at radius 1 is 1.50 bits per heavy atom. The van der Waals surface area contributed by atoms with Crippen molar-refractivity contribution in [1.82, 2.24) is 14.7 Å². The number of likely N-dealkylation sites (tertiary alicyclic amines) is 1. The molecule has 0 spiro atoms. The molecule has 0 saturated carbocycles. The van der Waals surface area contributed by atoms with E-state index in [9.17, 15) is 4.79 Å². The van der Waals surface area contributed by atoms with Crippen molar-refractivity contribution in [1.29, 1.82) is 0 Å². The summed E-state index contributed by atoms with van der Waals surface area (Å²) in [4.78, 5) is 13.3. The van der Waals surface area contributed by atoms with Crippen LogP contribution in [0.2, 0.25) is 0 Å². The van der Waals surface area contributed by atoms with Crippen LogP contribution in [0.4, 0.5) is 0 Å². The Hall–Kier alpha value is -1.36. The third kappa shape index (κ3) is 2.73. The lowest BCUT2D eigenvalue weighted by atomic mass is 10.0. The highest BCUT2D eigenvalue weighted by atomic mass is 16.4. The van der Waals surface area contributed by atoms with Gasteiger partial charge in [-0.2, -0.15) is 5.10 Å². The lowest BCUT2D eigenvalue weighted by molar-refractivity contribution is -0.138.